The molecule has 18 heavy (non-hydrogen) atoms. The van der Waals surface area contributed by atoms with E-state index in [1.807, 2.05) is 12.1 Å². The molecule has 2 rings (SSSR count). The van der Waals surface area contributed by atoms with Gasteiger partial charge >= 0.3 is 0 Å². The normalized spacial score (nSPS) is 21.3. The van der Waals surface area contributed by atoms with E-state index in [2.05, 4.69) is 22.5 Å². The number of nitrogens with one attached hydrogen (secondary N) is 2. The predicted octanol–water partition coefficient (Wildman–Crippen LogP) is 2.05. The van der Waals surface area contributed by atoms with E-state index in [0.29, 0.717) is 18.3 Å². The lowest BCUT2D eigenvalue weighted by atomic mass is 9.85. The van der Waals surface area contributed by atoms with Gasteiger partial charge in [-0.15, -0.1) is 0 Å². The maximum atomic E-state index is 11.9. The lowest BCUT2D eigenvalue weighted by Gasteiger charge is -2.27. The summed E-state index contributed by atoms with van der Waals surface area (Å²) < 4.78 is 0. The minimum Gasteiger partial charge on any atom is -0.325 e. The number of amides is 1. The lowest BCUT2D eigenvalue weighted by molar-refractivity contribution is -0.117. The van der Waals surface area contributed by atoms with Crippen LogP contribution in [0.3, 0.4) is 0 Å². The number of hydrogen-bond acceptors (Lipinski definition) is 3. The smallest absolute Gasteiger partial charge is 0.224 e. The number of rotatable bonds is 4. The van der Waals surface area contributed by atoms with Gasteiger partial charge in [0, 0.05) is 12.6 Å². The van der Waals surface area contributed by atoms with Crippen molar-refractivity contribution in [1.29, 1.82) is 0 Å². The Bertz CT molecular complexity index is 374. The molecule has 0 spiro atoms. The standard InChI is InChI=1S/C14H21N3O/c1-11(12-4-2-6-15-9-12)8-14(18)17-13-5-3-7-16-10-13/h3,5,7,10-12,15H,2,4,6,8-9H2,1H3,(H,17,18). The first kappa shape index (κ1) is 13.0. The van der Waals surface area contributed by atoms with Gasteiger partial charge in [-0.25, -0.2) is 0 Å². The molecule has 0 radical (unpaired) electrons. The van der Waals surface area contributed by atoms with Gasteiger partial charge in [0.05, 0.1) is 11.9 Å². The monoisotopic (exact) mass is 247 g/mol. The van der Waals surface area contributed by atoms with Crippen molar-refractivity contribution in [2.24, 2.45) is 11.8 Å². The molecular weight excluding hydrogens is 226 g/mol. The maximum Gasteiger partial charge on any atom is 0.224 e. The van der Waals surface area contributed by atoms with E-state index < -0.39 is 0 Å². The molecule has 2 N–H and O–H groups in total. The van der Waals surface area contributed by atoms with Gasteiger partial charge in [-0.1, -0.05) is 6.92 Å². The summed E-state index contributed by atoms with van der Waals surface area (Å²) in [7, 11) is 0. The Kier molecular flexibility index (Phi) is 4.70. The van der Waals surface area contributed by atoms with E-state index in [9.17, 15) is 4.79 Å². The van der Waals surface area contributed by atoms with Crippen molar-refractivity contribution in [2.75, 3.05) is 18.4 Å². The fourth-order valence-electron chi connectivity index (χ4n) is 2.47. The van der Waals surface area contributed by atoms with Gasteiger partial charge in [-0.05, 0) is 49.9 Å². The van der Waals surface area contributed by atoms with Crippen LogP contribution in [-0.4, -0.2) is 24.0 Å². The van der Waals surface area contributed by atoms with Crippen molar-refractivity contribution in [3.05, 3.63) is 24.5 Å². The highest BCUT2D eigenvalue weighted by molar-refractivity contribution is 5.90. The summed E-state index contributed by atoms with van der Waals surface area (Å²) in [5.74, 6) is 1.13. The molecule has 1 amide bonds. The summed E-state index contributed by atoms with van der Waals surface area (Å²) >= 11 is 0. The van der Waals surface area contributed by atoms with Gasteiger partial charge in [-0.2, -0.15) is 0 Å². The van der Waals surface area contributed by atoms with Crippen LogP contribution in [0.4, 0.5) is 5.69 Å². The number of carbonyl (C=O) groups is 1. The number of pyridine rings is 1. The first-order valence-electron chi connectivity index (χ1n) is 6.66. The minimum absolute atomic E-state index is 0.0843. The largest absolute Gasteiger partial charge is 0.325 e. The highest BCUT2D eigenvalue weighted by atomic mass is 16.1. The van der Waals surface area contributed by atoms with Crippen LogP contribution >= 0.6 is 0 Å². The van der Waals surface area contributed by atoms with E-state index in [0.717, 1.165) is 18.8 Å². The van der Waals surface area contributed by atoms with Gasteiger partial charge in [0.1, 0.15) is 0 Å². The number of aromatic nitrogens is 1. The zero-order valence-corrected chi connectivity index (χ0v) is 10.9. The van der Waals surface area contributed by atoms with Gasteiger partial charge in [0.15, 0.2) is 0 Å². The van der Waals surface area contributed by atoms with Gasteiger partial charge in [0.2, 0.25) is 5.91 Å². The molecule has 4 nitrogen and oxygen atoms in total. The fourth-order valence-corrected chi connectivity index (χ4v) is 2.47. The Morgan fingerprint density at radius 1 is 1.67 bits per heavy atom. The van der Waals surface area contributed by atoms with E-state index in [1.165, 1.54) is 12.8 Å². The zero-order chi connectivity index (χ0) is 12.8. The zero-order valence-electron chi connectivity index (χ0n) is 10.9. The Morgan fingerprint density at radius 2 is 2.56 bits per heavy atom. The molecule has 2 atom stereocenters. The molecule has 1 aromatic rings. The Hall–Kier alpha value is -1.42. The first-order valence-corrected chi connectivity index (χ1v) is 6.66. The second-order valence-corrected chi connectivity index (χ2v) is 5.08. The van der Waals surface area contributed by atoms with Crippen molar-refractivity contribution in [1.82, 2.24) is 10.3 Å². The molecule has 1 aliphatic heterocycles. The molecule has 0 aromatic carbocycles. The lowest BCUT2D eigenvalue weighted by Crippen LogP contribution is -2.34. The van der Waals surface area contributed by atoms with Crippen LogP contribution in [0.2, 0.25) is 0 Å². The summed E-state index contributed by atoms with van der Waals surface area (Å²) in [6, 6.07) is 3.68. The average Bonchev–Trinajstić information content (AvgIpc) is 2.40. The highest BCUT2D eigenvalue weighted by Crippen LogP contribution is 2.22. The Morgan fingerprint density at radius 3 is 3.22 bits per heavy atom. The van der Waals surface area contributed by atoms with E-state index >= 15 is 0 Å². The number of piperidine rings is 1. The van der Waals surface area contributed by atoms with Crippen LogP contribution in [0.25, 0.3) is 0 Å². The van der Waals surface area contributed by atoms with Crippen LogP contribution < -0.4 is 10.6 Å². The number of anilines is 1. The minimum atomic E-state index is 0.0843. The molecule has 2 unspecified atom stereocenters. The highest BCUT2D eigenvalue weighted by Gasteiger charge is 2.21. The second kappa shape index (κ2) is 6.50. The molecular formula is C14H21N3O. The molecule has 98 valence electrons. The Labute approximate surface area is 108 Å². The summed E-state index contributed by atoms with van der Waals surface area (Å²) in [6.45, 7) is 4.33. The molecule has 1 aliphatic rings. The van der Waals surface area contributed by atoms with Crippen molar-refractivity contribution in [3.8, 4) is 0 Å². The average molecular weight is 247 g/mol. The van der Waals surface area contributed by atoms with Gasteiger partial charge in [-0.3, -0.25) is 9.78 Å². The van der Waals surface area contributed by atoms with Crippen molar-refractivity contribution < 1.29 is 4.79 Å². The van der Waals surface area contributed by atoms with Crippen molar-refractivity contribution in [2.45, 2.75) is 26.2 Å². The maximum absolute atomic E-state index is 11.9. The quantitative estimate of drug-likeness (QED) is 0.856. The van der Waals surface area contributed by atoms with Crippen LogP contribution in [-0.2, 0) is 4.79 Å². The number of hydrogen-bond donors (Lipinski definition) is 2. The SMILES string of the molecule is CC(CC(=O)Nc1cccnc1)C1CCCNC1. The summed E-state index contributed by atoms with van der Waals surface area (Å²) in [4.78, 5) is 15.9. The molecule has 2 heterocycles. The summed E-state index contributed by atoms with van der Waals surface area (Å²) in [5, 5.41) is 6.29. The summed E-state index contributed by atoms with van der Waals surface area (Å²) in [5.41, 5.74) is 0.775. The molecule has 0 aliphatic carbocycles. The number of nitrogens with zero attached hydrogens (tertiary/aromatic N) is 1. The third-order valence-corrected chi connectivity index (χ3v) is 3.59. The van der Waals surface area contributed by atoms with Crippen LogP contribution in [0, 0.1) is 11.8 Å². The molecule has 1 fully saturated rings. The first-order chi connectivity index (χ1) is 8.75. The molecule has 0 bridgehead atoms. The third-order valence-electron chi connectivity index (χ3n) is 3.59. The third kappa shape index (κ3) is 3.81. The van der Waals surface area contributed by atoms with Crippen LogP contribution in [0.1, 0.15) is 26.2 Å². The van der Waals surface area contributed by atoms with Crippen LogP contribution in [0.15, 0.2) is 24.5 Å². The molecule has 0 saturated carbocycles. The second-order valence-electron chi connectivity index (χ2n) is 5.08. The van der Waals surface area contributed by atoms with E-state index in [4.69, 9.17) is 0 Å². The summed E-state index contributed by atoms with van der Waals surface area (Å²) in [6.07, 6.45) is 6.41. The molecule has 4 heteroatoms. The molecule has 1 aromatic heterocycles. The van der Waals surface area contributed by atoms with Gasteiger partial charge in [0.25, 0.3) is 0 Å². The van der Waals surface area contributed by atoms with E-state index in [-0.39, 0.29) is 5.91 Å². The molecule has 1 saturated heterocycles. The van der Waals surface area contributed by atoms with E-state index in [1.54, 1.807) is 12.4 Å². The van der Waals surface area contributed by atoms with Crippen molar-refractivity contribution >= 4 is 11.6 Å². The predicted molar refractivity (Wildman–Crippen MR) is 72.2 cm³/mol. The Balaban J connectivity index is 1.79. The van der Waals surface area contributed by atoms with Gasteiger partial charge < -0.3 is 10.6 Å². The van der Waals surface area contributed by atoms with Crippen LogP contribution in [0.5, 0.6) is 0 Å². The van der Waals surface area contributed by atoms with Crippen molar-refractivity contribution in [3.63, 3.8) is 0 Å². The topological polar surface area (TPSA) is 54.0 Å². The number of carbonyl (C=O) groups excluding carboxylic acids is 1. The fraction of sp³-hybridized carbons (Fsp3) is 0.571.